The summed E-state index contributed by atoms with van der Waals surface area (Å²) in [6, 6.07) is 8.73. The molecule has 0 aliphatic heterocycles. The Morgan fingerprint density at radius 3 is 2.61 bits per heavy atom. The number of nitrogens with two attached hydrogens (primary N) is 1. The van der Waals surface area contributed by atoms with Gasteiger partial charge in [0.25, 0.3) is 0 Å². The molecular formula is C16H15N3O4. The Bertz CT molecular complexity index is 797. The zero-order chi connectivity index (χ0) is 17.0. The number of nitrogen functional groups attached to an aromatic ring is 1. The summed E-state index contributed by atoms with van der Waals surface area (Å²) in [6.07, 6.45) is 0. The van der Waals surface area contributed by atoms with Crippen LogP contribution in [0.15, 0.2) is 24.3 Å². The number of hydrogen-bond donors (Lipinski definition) is 1. The Balaban J connectivity index is 2.51. The molecule has 1 aromatic carbocycles. The third-order valence-electron chi connectivity index (χ3n) is 3.14. The molecular weight excluding hydrogens is 298 g/mol. The first kappa shape index (κ1) is 16.1. The monoisotopic (exact) mass is 313 g/mol. The van der Waals surface area contributed by atoms with E-state index in [1.54, 1.807) is 31.2 Å². The molecule has 0 amide bonds. The highest BCUT2D eigenvalue weighted by Crippen LogP contribution is 2.32. The highest BCUT2D eigenvalue weighted by Gasteiger charge is 2.22. The van der Waals surface area contributed by atoms with Crippen LogP contribution in [0.1, 0.15) is 21.6 Å². The van der Waals surface area contributed by atoms with Crippen molar-refractivity contribution < 1.29 is 19.0 Å². The van der Waals surface area contributed by atoms with Gasteiger partial charge in [-0.2, -0.15) is 5.26 Å². The van der Waals surface area contributed by atoms with Gasteiger partial charge < -0.3 is 19.9 Å². The zero-order valence-electron chi connectivity index (χ0n) is 12.9. The molecule has 0 unspecified atom stereocenters. The fourth-order valence-corrected chi connectivity index (χ4v) is 2.02. The summed E-state index contributed by atoms with van der Waals surface area (Å²) in [5, 5.41) is 9.32. The molecule has 0 saturated heterocycles. The molecule has 23 heavy (non-hydrogen) atoms. The number of aryl methyl sites for hydroxylation is 1. The van der Waals surface area contributed by atoms with Crippen LogP contribution < -0.4 is 15.2 Å². The number of benzene rings is 1. The number of hydrogen-bond acceptors (Lipinski definition) is 7. The lowest BCUT2D eigenvalue weighted by Crippen LogP contribution is -2.12. The van der Waals surface area contributed by atoms with Crippen LogP contribution in [0, 0.1) is 18.3 Å². The van der Waals surface area contributed by atoms with Crippen molar-refractivity contribution in [2.45, 2.75) is 6.92 Å². The molecule has 0 radical (unpaired) electrons. The average molecular weight is 313 g/mol. The van der Waals surface area contributed by atoms with Crippen molar-refractivity contribution in [1.29, 1.82) is 5.26 Å². The largest absolute Gasteiger partial charge is 0.497 e. The van der Waals surface area contributed by atoms with Gasteiger partial charge in [0.15, 0.2) is 0 Å². The number of carbonyl (C=O) groups is 1. The molecule has 0 atom stereocenters. The number of ether oxygens (including phenoxy) is 3. The van der Waals surface area contributed by atoms with Crippen molar-refractivity contribution in [3.63, 3.8) is 0 Å². The van der Waals surface area contributed by atoms with E-state index >= 15 is 0 Å². The first-order chi connectivity index (χ1) is 11.0. The quantitative estimate of drug-likeness (QED) is 0.863. The Labute approximate surface area is 133 Å². The standard InChI is InChI=1S/C16H15N3O4/c1-9-13(16(20)22-3)14(18)12(8-17)15(19-9)23-11-6-4-5-10(7-11)21-2/h4-7H,1-3H3,(H2,18,19). The van der Waals surface area contributed by atoms with Gasteiger partial charge in [0.2, 0.25) is 5.88 Å². The molecule has 0 saturated carbocycles. The van der Waals surface area contributed by atoms with E-state index in [-0.39, 0.29) is 22.7 Å². The van der Waals surface area contributed by atoms with E-state index in [1.807, 2.05) is 6.07 Å². The molecule has 0 bridgehead atoms. The SMILES string of the molecule is COC(=O)c1c(C)nc(Oc2cccc(OC)c2)c(C#N)c1N. The smallest absolute Gasteiger partial charge is 0.341 e. The van der Waals surface area contributed by atoms with Gasteiger partial charge in [0.1, 0.15) is 28.7 Å². The average Bonchev–Trinajstić information content (AvgIpc) is 2.54. The number of carbonyl (C=O) groups excluding carboxylic acids is 1. The number of anilines is 1. The molecule has 7 heteroatoms. The first-order valence-electron chi connectivity index (χ1n) is 6.62. The molecule has 2 N–H and O–H groups in total. The molecule has 0 aliphatic rings. The van der Waals surface area contributed by atoms with Crippen molar-refractivity contribution in [3.8, 4) is 23.4 Å². The van der Waals surface area contributed by atoms with Gasteiger partial charge in [-0.25, -0.2) is 9.78 Å². The van der Waals surface area contributed by atoms with Crippen molar-refractivity contribution in [1.82, 2.24) is 4.98 Å². The Morgan fingerprint density at radius 2 is 2.00 bits per heavy atom. The van der Waals surface area contributed by atoms with Gasteiger partial charge in [-0.1, -0.05) is 6.07 Å². The van der Waals surface area contributed by atoms with Crippen LogP contribution in [-0.4, -0.2) is 25.2 Å². The predicted molar refractivity (Wildman–Crippen MR) is 82.5 cm³/mol. The Hall–Kier alpha value is -3.27. The number of esters is 1. The first-order valence-corrected chi connectivity index (χ1v) is 6.62. The zero-order valence-corrected chi connectivity index (χ0v) is 12.9. The molecule has 0 fully saturated rings. The number of pyridine rings is 1. The molecule has 1 heterocycles. The van der Waals surface area contributed by atoms with Crippen molar-refractivity contribution in [2.24, 2.45) is 0 Å². The minimum Gasteiger partial charge on any atom is -0.497 e. The lowest BCUT2D eigenvalue weighted by atomic mass is 10.1. The summed E-state index contributed by atoms with van der Waals surface area (Å²) >= 11 is 0. The van der Waals surface area contributed by atoms with Gasteiger partial charge in [-0.15, -0.1) is 0 Å². The minimum absolute atomic E-state index is 0.0170. The summed E-state index contributed by atoms with van der Waals surface area (Å²) < 4.78 is 15.4. The highest BCUT2D eigenvalue weighted by molar-refractivity contribution is 5.97. The van der Waals surface area contributed by atoms with Crippen LogP contribution in [0.25, 0.3) is 0 Å². The van der Waals surface area contributed by atoms with Crippen LogP contribution in [0.3, 0.4) is 0 Å². The molecule has 0 spiro atoms. The van der Waals surface area contributed by atoms with Gasteiger partial charge in [-0.3, -0.25) is 0 Å². The third kappa shape index (κ3) is 3.16. The van der Waals surface area contributed by atoms with Crippen molar-refractivity contribution in [3.05, 3.63) is 41.1 Å². The molecule has 118 valence electrons. The normalized spacial score (nSPS) is 9.83. The second-order valence-electron chi connectivity index (χ2n) is 4.55. The van der Waals surface area contributed by atoms with Crippen LogP contribution in [0.5, 0.6) is 17.4 Å². The van der Waals surface area contributed by atoms with Crippen LogP contribution in [0.4, 0.5) is 5.69 Å². The van der Waals surface area contributed by atoms with E-state index in [0.717, 1.165) is 0 Å². The van der Waals surface area contributed by atoms with E-state index < -0.39 is 5.97 Å². The van der Waals surface area contributed by atoms with E-state index in [9.17, 15) is 10.1 Å². The van der Waals surface area contributed by atoms with Crippen LogP contribution in [-0.2, 0) is 4.74 Å². The van der Waals surface area contributed by atoms with E-state index in [4.69, 9.17) is 15.2 Å². The van der Waals surface area contributed by atoms with E-state index in [2.05, 4.69) is 9.72 Å². The lowest BCUT2D eigenvalue weighted by molar-refractivity contribution is 0.0600. The number of rotatable bonds is 4. The van der Waals surface area contributed by atoms with E-state index in [1.165, 1.54) is 14.2 Å². The van der Waals surface area contributed by atoms with Crippen LogP contribution in [0.2, 0.25) is 0 Å². The van der Waals surface area contributed by atoms with Crippen molar-refractivity contribution in [2.75, 3.05) is 20.0 Å². The number of nitrogens with zero attached hydrogens (tertiary/aromatic N) is 2. The predicted octanol–water partition coefficient (Wildman–Crippen LogP) is 2.43. The second-order valence-corrected chi connectivity index (χ2v) is 4.55. The summed E-state index contributed by atoms with van der Waals surface area (Å²) in [4.78, 5) is 15.9. The number of nitriles is 1. The molecule has 2 rings (SSSR count). The van der Waals surface area contributed by atoms with Gasteiger partial charge in [-0.05, 0) is 19.1 Å². The minimum atomic E-state index is -0.656. The number of aromatic nitrogens is 1. The maximum Gasteiger partial charge on any atom is 0.341 e. The van der Waals surface area contributed by atoms with Gasteiger partial charge in [0.05, 0.1) is 25.6 Å². The summed E-state index contributed by atoms with van der Waals surface area (Å²) in [6.45, 7) is 1.59. The fourth-order valence-electron chi connectivity index (χ4n) is 2.02. The Morgan fingerprint density at radius 1 is 1.30 bits per heavy atom. The van der Waals surface area contributed by atoms with E-state index in [0.29, 0.717) is 17.2 Å². The molecule has 1 aromatic heterocycles. The van der Waals surface area contributed by atoms with Crippen LogP contribution >= 0.6 is 0 Å². The summed E-state index contributed by atoms with van der Waals surface area (Å²) in [7, 11) is 2.76. The summed E-state index contributed by atoms with van der Waals surface area (Å²) in [5.41, 5.74) is 6.23. The second kappa shape index (κ2) is 6.66. The number of methoxy groups -OCH3 is 2. The Kier molecular flexibility index (Phi) is 4.66. The molecule has 2 aromatic rings. The maximum atomic E-state index is 11.8. The summed E-state index contributed by atoms with van der Waals surface area (Å²) in [5.74, 6) is 0.384. The van der Waals surface area contributed by atoms with Gasteiger partial charge >= 0.3 is 5.97 Å². The highest BCUT2D eigenvalue weighted by atomic mass is 16.5. The topological polar surface area (TPSA) is 107 Å². The van der Waals surface area contributed by atoms with Crippen molar-refractivity contribution >= 4 is 11.7 Å². The van der Waals surface area contributed by atoms with Gasteiger partial charge in [0, 0.05) is 6.07 Å². The lowest BCUT2D eigenvalue weighted by Gasteiger charge is -2.13. The fraction of sp³-hybridized carbons (Fsp3) is 0.188. The molecule has 0 aliphatic carbocycles. The third-order valence-corrected chi connectivity index (χ3v) is 3.14. The molecule has 7 nitrogen and oxygen atoms in total. The maximum absolute atomic E-state index is 11.8.